The van der Waals surface area contributed by atoms with Gasteiger partial charge in [0.05, 0.1) is 5.56 Å². The molecule has 0 saturated heterocycles. The Morgan fingerprint density at radius 1 is 1.04 bits per heavy atom. The third-order valence-electron chi connectivity index (χ3n) is 4.95. The molecule has 1 aromatic carbocycles. The molecule has 120 valence electrons. The van der Waals surface area contributed by atoms with E-state index >= 15 is 0 Å². The molecule has 1 aromatic heterocycles. The molecule has 1 aliphatic heterocycles. The van der Waals surface area contributed by atoms with Crippen molar-refractivity contribution >= 4 is 5.69 Å². The second-order valence-electron chi connectivity index (χ2n) is 6.56. The molecule has 0 unspecified atom stereocenters. The molecule has 3 nitrogen and oxygen atoms in total. The van der Waals surface area contributed by atoms with E-state index in [-0.39, 0.29) is 0 Å². The summed E-state index contributed by atoms with van der Waals surface area (Å²) in [6.07, 6.45) is 6.78. The zero-order chi connectivity index (χ0) is 16.7. The van der Waals surface area contributed by atoms with Crippen molar-refractivity contribution in [2.45, 2.75) is 33.9 Å². The van der Waals surface area contributed by atoms with Crippen molar-refractivity contribution in [2.24, 2.45) is 7.05 Å². The quantitative estimate of drug-likeness (QED) is 0.784. The summed E-state index contributed by atoms with van der Waals surface area (Å²) in [6, 6.07) is 8.69. The van der Waals surface area contributed by atoms with E-state index < -0.39 is 0 Å². The van der Waals surface area contributed by atoms with Crippen molar-refractivity contribution in [2.75, 3.05) is 11.9 Å². The average molecular weight is 308 g/mol. The van der Waals surface area contributed by atoms with Crippen LogP contribution in [0.1, 0.15) is 23.6 Å². The number of pyridine rings is 1. The van der Waals surface area contributed by atoms with Gasteiger partial charge in [-0.05, 0) is 50.5 Å². The summed E-state index contributed by atoms with van der Waals surface area (Å²) in [6.45, 7) is 8.90. The van der Waals surface area contributed by atoms with Crippen LogP contribution in [0.3, 0.4) is 0 Å². The summed E-state index contributed by atoms with van der Waals surface area (Å²) < 4.78 is 2.20. The van der Waals surface area contributed by atoms with Crippen molar-refractivity contribution in [3.8, 4) is 11.3 Å². The van der Waals surface area contributed by atoms with Crippen LogP contribution in [0.2, 0.25) is 0 Å². The highest BCUT2D eigenvalue weighted by atomic mass is 15.4. The van der Waals surface area contributed by atoms with Crippen molar-refractivity contribution in [3.05, 3.63) is 59.6 Å². The Kier molecular flexibility index (Phi) is 3.88. The lowest BCUT2D eigenvalue weighted by atomic mass is 9.93. The van der Waals surface area contributed by atoms with Gasteiger partial charge in [0.2, 0.25) is 5.69 Å². The van der Waals surface area contributed by atoms with Gasteiger partial charge in [-0.3, -0.25) is 0 Å². The van der Waals surface area contributed by atoms with Crippen LogP contribution in [0.5, 0.6) is 0 Å². The van der Waals surface area contributed by atoms with Crippen LogP contribution in [0.25, 0.3) is 11.3 Å². The summed E-state index contributed by atoms with van der Waals surface area (Å²) >= 11 is 0. The zero-order valence-electron chi connectivity index (χ0n) is 15.0. The lowest BCUT2D eigenvalue weighted by Crippen LogP contribution is -2.35. The van der Waals surface area contributed by atoms with E-state index in [0.717, 1.165) is 0 Å². The van der Waals surface area contributed by atoms with Gasteiger partial charge in [0, 0.05) is 37.3 Å². The molecule has 1 atom stereocenters. The van der Waals surface area contributed by atoms with Crippen molar-refractivity contribution < 1.29 is 4.57 Å². The molecular weight excluding hydrogens is 282 g/mol. The van der Waals surface area contributed by atoms with Gasteiger partial charge < -0.3 is 9.80 Å². The van der Waals surface area contributed by atoms with Crippen LogP contribution in [-0.2, 0) is 7.05 Å². The fourth-order valence-electron chi connectivity index (χ4n) is 3.63. The zero-order valence-corrected chi connectivity index (χ0v) is 15.0. The molecule has 3 heteroatoms. The summed E-state index contributed by atoms with van der Waals surface area (Å²) in [5, 5.41) is 0. The van der Waals surface area contributed by atoms with E-state index in [2.05, 4.69) is 99.0 Å². The molecule has 0 aliphatic carbocycles. The lowest BCUT2D eigenvalue weighted by molar-refractivity contribution is -0.660. The molecule has 0 fully saturated rings. The minimum Gasteiger partial charge on any atom is -0.359 e. The average Bonchev–Trinajstić information content (AvgIpc) is 2.81. The van der Waals surface area contributed by atoms with Crippen molar-refractivity contribution in [1.82, 2.24) is 4.90 Å². The third-order valence-corrected chi connectivity index (χ3v) is 4.95. The van der Waals surface area contributed by atoms with E-state index in [1.807, 2.05) is 0 Å². The number of hydrogen-bond donors (Lipinski definition) is 0. The molecule has 0 amide bonds. The first kappa shape index (κ1) is 15.6. The molecule has 0 radical (unpaired) electrons. The Hall–Kier alpha value is -2.29. The number of anilines is 1. The van der Waals surface area contributed by atoms with Crippen LogP contribution in [0.15, 0.2) is 42.9 Å². The highest BCUT2D eigenvalue weighted by Crippen LogP contribution is 2.37. The van der Waals surface area contributed by atoms with Crippen LogP contribution >= 0.6 is 0 Å². The van der Waals surface area contributed by atoms with Crippen LogP contribution in [0.4, 0.5) is 5.69 Å². The van der Waals surface area contributed by atoms with Gasteiger partial charge >= 0.3 is 0 Å². The molecule has 1 aliphatic rings. The maximum Gasteiger partial charge on any atom is 0.212 e. The molecule has 0 bridgehead atoms. The first-order chi connectivity index (χ1) is 10.9. The number of nitrogens with zero attached hydrogens (tertiary/aromatic N) is 3. The van der Waals surface area contributed by atoms with Crippen molar-refractivity contribution in [1.29, 1.82) is 0 Å². The van der Waals surface area contributed by atoms with Crippen LogP contribution < -0.4 is 9.47 Å². The first-order valence-electron chi connectivity index (χ1n) is 8.16. The van der Waals surface area contributed by atoms with E-state index in [0.29, 0.717) is 6.17 Å². The predicted octanol–water partition coefficient (Wildman–Crippen LogP) is 3.67. The second kappa shape index (κ2) is 5.73. The van der Waals surface area contributed by atoms with Gasteiger partial charge in [0.15, 0.2) is 6.20 Å². The Morgan fingerprint density at radius 3 is 2.39 bits per heavy atom. The molecular formula is C20H26N3+. The Balaban J connectivity index is 2.22. The maximum absolute atomic E-state index is 2.37. The fourth-order valence-corrected chi connectivity index (χ4v) is 3.63. The van der Waals surface area contributed by atoms with Gasteiger partial charge in [0.25, 0.3) is 0 Å². The molecule has 2 heterocycles. The normalized spacial score (nSPS) is 17.2. The largest absolute Gasteiger partial charge is 0.359 e. The lowest BCUT2D eigenvalue weighted by Gasteiger charge is -2.30. The first-order valence-corrected chi connectivity index (χ1v) is 8.16. The van der Waals surface area contributed by atoms with Crippen LogP contribution in [0, 0.1) is 20.8 Å². The highest BCUT2D eigenvalue weighted by molar-refractivity contribution is 5.77. The molecule has 0 saturated carbocycles. The molecule has 23 heavy (non-hydrogen) atoms. The van der Waals surface area contributed by atoms with E-state index in [9.17, 15) is 0 Å². The van der Waals surface area contributed by atoms with E-state index in [1.165, 1.54) is 33.6 Å². The van der Waals surface area contributed by atoms with Gasteiger partial charge in [-0.25, -0.2) is 4.57 Å². The smallest absolute Gasteiger partial charge is 0.212 e. The minimum atomic E-state index is 0.340. The summed E-state index contributed by atoms with van der Waals surface area (Å²) in [4.78, 5) is 4.61. The topological polar surface area (TPSA) is 10.4 Å². The van der Waals surface area contributed by atoms with Gasteiger partial charge in [-0.2, -0.15) is 0 Å². The SMILES string of the molecule is Cc1cc(C)c(N2C=CN(C)[C@@H]2C)c(C)c1-c1cccc[n+]1C. The number of aryl methyl sites for hydroxylation is 3. The standard InChI is InChI=1S/C20H26N3/c1-14-13-15(2)20(23-12-11-21(5)17(23)4)16(3)19(14)18-9-7-8-10-22(18)6/h7-13,17H,1-6H3/q+1/t17-/m0/s1. The molecule has 3 rings (SSSR count). The summed E-state index contributed by atoms with van der Waals surface area (Å²) in [5.74, 6) is 0. The molecule has 0 spiro atoms. The Morgan fingerprint density at radius 2 is 1.78 bits per heavy atom. The third kappa shape index (κ3) is 2.50. The van der Waals surface area contributed by atoms with Gasteiger partial charge in [-0.1, -0.05) is 6.07 Å². The number of benzene rings is 1. The van der Waals surface area contributed by atoms with E-state index in [1.54, 1.807) is 0 Å². The monoisotopic (exact) mass is 308 g/mol. The molecule has 2 aromatic rings. The number of hydrogen-bond acceptors (Lipinski definition) is 2. The number of rotatable bonds is 2. The predicted molar refractivity (Wildman–Crippen MR) is 96.1 cm³/mol. The van der Waals surface area contributed by atoms with Gasteiger partial charge in [0.1, 0.15) is 13.2 Å². The van der Waals surface area contributed by atoms with E-state index in [4.69, 9.17) is 0 Å². The summed E-state index contributed by atoms with van der Waals surface area (Å²) in [7, 11) is 4.23. The second-order valence-corrected chi connectivity index (χ2v) is 6.56. The van der Waals surface area contributed by atoms with Gasteiger partial charge in [-0.15, -0.1) is 0 Å². The van der Waals surface area contributed by atoms with Crippen LogP contribution in [-0.4, -0.2) is 18.1 Å². The molecule has 0 N–H and O–H groups in total. The van der Waals surface area contributed by atoms with Crippen molar-refractivity contribution in [3.63, 3.8) is 0 Å². The Bertz CT molecular complexity index is 777. The minimum absolute atomic E-state index is 0.340. The summed E-state index contributed by atoms with van der Waals surface area (Å²) in [5.41, 5.74) is 7.92. The highest BCUT2D eigenvalue weighted by Gasteiger charge is 2.26. The fraction of sp³-hybridized carbons (Fsp3) is 0.350. The number of aromatic nitrogens is 1. The Labute approximate surface area is 139 Å². The maximum atomic E-state index is 2.37.